The Labute approximate surface area is 81.3 Å². The third kappa shape index (κ3) is 5.64. The summed E-state index contributed by atoms with van der Waals surface area (Å²) in [6.07, 6.45) is 1.33. The Morgan fingerprint density at radius 1 is 1.46 bits per heavy atom. The Bertz CT molecular complexity index is 157. The Hall–Kier alpha value is -0.570. The van der Waals surface area contributed by atoms with Crippen LogP contribution in [-0.2, 0) is 4.79 Å². The van der Waals surface area contributed by atoms with E-state index in [-0.39, 0.29) is 11.9 Å². The first-order valence-electron chi connectivity index (χ1n) is 4.96. The first kappa shape index (κ1) is 12.4. The van der Waals surface area contributed by atoms with Gasteiger partial charge < -0.3 is 10.6 Å². The third-order valence-electron chi connectivity index (χ3n) is 2.03. The summed E-state index contributed by atoms with van der Waals surface area (Å²) >= 11 is 0. The SMILES string of the molecule is CCC(N)CC(=O)N(C)CC(C)C. The molecule has 1 unspecified atom stereocenters. The molecule has 3 heteroatoms. The van der Waals surface area contributed by atoms with Crippen LogP contribution in [0.3, 0.4) is 0 Å². The van der Waals surface area contributed by atoms with Crippen molar-refractivity contribution in [3.05, 3.63) is 0 Å². The molecule has 0 heterocycles. The number of nitrogens with zero attached hydrogens (tertiary/aromatic N) is 1. The average Bonchev–Trinajstić information content (AvgIpc) is 2.02. The maximum Gasteiger partial charge on any atom is 0.223 e. The standard InChI is InChI=1S/C10H22N2O/c1-5-9(11)6-10(13)12(4)7-8(2)3/h8-9H,5-7,11H2,1-4H3. The zero-order valence-corrected chi connectivity index (χ0v) is 9.21. The fraction of sp³-hybridized carbons (Fsp3) is 0.900. The van der Waals surface area contributed by atoms with Gasteiger partial charge in [-0.15, -0.1) is 0 Å². The van der Waals surface area contributed by atoms with Crippen LogP contribution in [-0.4, -0.2) is 30.4 Å². The maximum atomic E-state index is 11.5. The number of carbonyl (C=O) groups excluding carboxylic acids is 1. The van der Waals surface area contributed by atoms with Crippen LogP contribution in [0, 0.1) is 5.92 Å². The van der Waals surface area contributed by atoms with Gasteiger partial charge in [-0.25, -0.2) is 0 Å². The van der Waals surface area contributed by atoms with Gasteiger partial charge in [0.2, 0.25) is 5.91 Å². The van der Waals surface area contributed by atoms with Crippen LogP contribution in [0.4, 0.5) is 0 Å². The van der Waals surface area contributed by atoms with E-state index < -0.39 is 0 Å². The number of carbonyl (C=O) groups is 1. The molecule has 0 saturated carbocycles. The number of rotatable bonds is 5. The van der Waals surface area contributed by atoms with Crippen molar-refractivity contribution in [2.45, 2.75) is 39.7 Å². The molecule has 0 aromatic carbocycles. The molecule has 0 aliphatic heterocycles. The number of nitrogens with two attached hydrogens (primary N) is 1. The van der Waals surface area contributed by atoms with Crippen molar-refractivity contribution in [3.8, 4) is 0 Å². The van der Waals surface area contributed by atoms with Crippen molar-refractivity contribution >= 4 is 5.91 Å². The van der Waals surface area contributed by atoms with Gasteiger partial charge in [0.25, 0.3) is 0 Å². The molecule has 0 saturated heterocycles. The summed E-state index contributed by atoms with van der Waals surface area (Å²) in [5, 5.41) is 0. The van der Waals surface area contributed by atoms with Crippen LogP contribution in [0.1, 0.15) is 33.6 Å². The summed E-state index contributed by atoms with van der Waals surface area (Å²) in [7, 11) is 1.84. The second-order valence-electron chi connectivity index (χ2n) is 4.04. The van der Waals surface area contributed by atoms with Gasteiger partial charge in [-0.2, -0.15) is 0 Å². The Morgan fingerprint density at radius 3 is 2.38 bits per heavy atom. The second kappa shape index (κ2) is 5.97. The normalized spacial score (nSPS) is 13.1. The fourth-order valence-corrected chi connectivity index (χ4v) is 1.17. The predicted octanol–water partition coefficient (Wildman–Crippen LogP) is 1.23. The highest BCUT2D eigenvalue weighted by atomic mass is 16.2. The summed E-state index contributed by atoms with van der Waals surface area (Å²) in [6.45, 7) is 7.02. The average molecular weight is 186 g/mol. The number of amides is 1. The quantitative estimate of drug-likeness (QED) is 0.702. The van der Waals surface area contributed by atoms with Gasteiger partial charge in [0.05, 0.1) is 0 Å². The summed E-state index contributed by atoms with van der Waals surface area (Å²) < 4.78 is 0. The largest absolute Gasteiger partial charge is 0.345 e. The van der Waals surface area contributed by atoms with E-state index in [1.807, 2.05) is 14.0 Å². The molecule has 0 aromatic rings. The molecule has 0 spiro atoms. The lowest BCUT2D eigenvalue weighted by molar-refractivity contribution is -0.130. The molecule has 0 fully saturated rings. The Kier molecular flexibility index (Phi) is 5.71. The number of hydrogen-bond acceptors (Lipinski definition) is 2. The maximum absolute atomic E-state index is 11.5. The molecule has 0 rings (SSSR count). The molecule has 13 heavy (non-hydrogen) atoms. The highest BCUT2D eigenvalue weighted by Crippen LogP contribution is 2.01. The van der Waals surface area contributed by atoms with Crippen molar-refractivity contribution in [3.63, 3.8) is 0 Å². The van der Waals surface area contributed by atoms with Crippen LogP contribution < -0.4 is 5.73 Å². The lowest BCUT2D eigenvalue weighted by Crippen LogP contribution is -2.35. The number of hydrogen-bond donors (Lipinski definition) is 1. The molecule has 0 aliphatic rings. The minimum absolute atomic E-state index is 0.0158. The highest BCUT2D eigenvalue weighted by molar-refractivity contribution is 5.76. The molecule has 1 atom stereocenters. The molecular formula is C10H22N2O. The van der Waals surface area contributed by atoms with E-state index >= 15 is 0 Å². The lowest BCUT2D eigenvalue weighted by atomic mass is 10.1. The van der Waals surface area contributed by atoms with Gasteiger partial charge in [-0.3, -0.25) is 4.79 Å². The first-order chi connectivity index (χ1) is 5.97. The summed E-state index contributed by atoms with van der Waals surface area (Å²) in [6, 6.07) is 0.0158. The van der Waals surface area contributed by atoms with Crippen LogP contribution in [0.25, 0.3) is 0 Å². The lowest BCUT2D eigenvalue weighted by Gasteiger charge is -2.20. The van der Waals surface area contributed by atoms with Gasteiger partial charge in [0.1, 0.15) is 0 Å². The van der Waals surface area contributed by atoms with E-state index in [4.69, 9.17) is 5.73 Å². The summed E-state index contributed by atoms with van der Waals surface area (Å²) in [4.78, 5) is 13.3. The van der Waals surface area contributed by atoms with E-state index in [9.17, 15) is 4.79 Å². The predicted molar refractivity (Wildman–Crippen MR) is 55.4 cm³/mol. The van der Waals surface area contributed by atoms with Crippen molar-refractivity contribution in [1.82, 2.24) is 4.90 Å². The van der Waals surface area contributed by atoms with Crippen molar-refractivity contribution in [2.75, 3.05) is 13.6 Å². The molecular weight excluding hydrogens is 164 g/mol. The minimum Gasteiger partial charge on any atom is -0.345 e. The second-order valence-corrected chi connectivity index (χ2v) is 4.04. The molecule has 0 bridgehead atoms. The smallest absolute Gasteiger partial charge is 0.223 e. The van der Waals surface area contributed by atoms with E-state index in [2.05, 4.69) is 13.8 Å². The topological polar surface area (TPSA) is 46.3 Å². The van der Waals surface area contributed by atoms with Crippen LogP contribution in [0.2, 0.25) is 0 Å². The molecule has 2 N–H and O–H groups in total. The van der Waals surface area contributed by atoms with Crippen molar-refractivity contribution in [1.29, 1.82) is 0 Å². The molecule has 0 aromatic heterocycles. The van der Waals surface area contributed by atoms with Gasteiger partial charge in [-0.1, -0.05) is 20.8 Å². The first-order valence-corrected chi connectivity index (χ1v) is 4.96. The van der Waals surface area contributed by atoms with E-state index in [0.717, 1.165) is 13.0 Å². The molecule has 3 nitrogen and oxygen atoms in total. The van der Waals surface area contributed by atoms with E-state index in [0.29, 0.717) is 12.3 Å². The van der Waals surface area contributed by atoms with Crippen LogP contribution in [0.5, 0.6) is 0 Å². The van der Waals surface area contributed by atoms with Crippen molar-refractivity contribution in [2.24, 2.45) is 11.7 Å². The molecule has 0 aliphatic carbocycles. The minimum atomic E-state index is 0.0158. The molecule has 78 valence electrons. The zero-order chi connectivity index (χ0) is 10.4. The third-order valence-corrected chi connectivity index (χ3v) is 2.03. The summed E-state index contributed by atoms with van der Waals surface area (Å²) in [5.74, 6) is 0.676. The van der Waals surface area contributed by atoms with Crippen LogP contribution >= 0.6 is 0 Å². The Balaban J connectivity index is 3.82. The Morgan fingerprint density at radius 2 is 2.00 bits per heavy atom. The molecule has 0 radical (unpaired) electrons. The zero-order valence-electron chi connectivity index (χ0n) is 9.21. The highest BCUT2D eigenvalue weighted by Gasteiger charge is 2.12. The van der Waals surface area contributed by atoms with Crippen LogP contribution in [0.15, 0.2) is 0 Å². The van der Waals surface area contributed by atoms with E-state index in [1.54, 1.807) is 4.90 Å². The van der Waals surface area contributed by atoms with Gasteiger partial charge in [0.15, 0.2) is 0 Å². The fourth-order valence-electron chi connectivity index (χ4n) is 1.17. The monoisotopic (exact) mass is 186 g/mol. The molecule has 1 amide bonds. The van der Waals surface area contributed by atoms with Crippen molar-refractivity contribution < 1.29 is 4.79 Å². The van der Waals surface area contributed by atoms with E-state index in [1.165, 1.54) is 0 Å². The van der Waals surface area contributed by atoms with Gasteiger partial charge >= 0.3 is 0 Å². The van der Waals surface area contributed by atoms with Gasteiger partial charge in [0, 0.05) is 26.1 Å². The van der Waals surface area contributed by atoms with Gasteiger partial charge in [-0.05, 0) is 12.3 Å². The summed E-state index contributed by atoms with van der Waals surface area (Å²) in [5.41, 5.74) is 5.69.